The van der Waals surface area contributed by atoms with Crippen LogP contribution in [0, 0.1) is 5.82 Å². The summed E-state index contributed by atoms with van der Waals surface area (Å²) in [5.41, 5.74) is 0.689. The molecule has 2 aromatic carbocycles. The molecule has 138 valence electrons. The summed E-state index contributed by atoms with van der Waals surface area (Å²) in [4.78, 5) is 13.0. The SMILES string of the molecule is CSc1cccc(NC(=O)c2ccc(F)c(S(=O)(=O)N3CCCC3)c2)c1. The van der Waals surface area contributed by atoms with Gasteiger partial charge < -0.3 is 5.32 Å². The number of nitrogens with one attached hydrogen (secondary N) is 1. The molecular formula is C18H19FN2O3S2. The number of halogens is 1. The van der Waals surface area contributed by atoms with E-state index in [1.165, 1.54) is 10.4 Å². The van der Waals surface area contributed by atoms with Crippen molar-refractivity contribution >= 4 is 33.4 Å². The first-order valence-corrected chi connectivity index (χ1v) is 10.8. The third kappa shape index (κ3) is 3.92. The number of benzene rings is 2. The van der Waals surface area contributed by atoms with Crippen molar-refractivity contribution in [2.24, 2.45) is 0 Å². The van der Waals surface area contributed by atoms with E-state index in [2.05, 4.69) is 5.32 Å². The van der Waals surface area contributed by atoms with Gasteiger partial charge in [0.05, 0.1) is 0 Å². The maximum absolute atomic E-state index is 14.2. The molecule has 0 radical (unpaired) electrons. The van der Waals surface area contributed by atoms with E-state index in [1.807, 2.05) is 24.5 Å². The molecule has 0 saturated carbocycles. The second-order valence-electron chi connectivity index (χ2n) is 5.94. The zero-order valence-electron chi connectivity index (χ0n) is 14.2. The Kier molecular flexibility index (Phi) is 5.64. The third-order valence-corrected chi connectivity index (χ3v) is 6.84. The predicted molar refractivity (Wildman–Crippen MR) is 101 cm³/mol. The summed E-state index contributed by atoms with van der Waals surface area (Å²) in [6.07, 6.45) is 3.44. The Morgan fingerprint density at radius 1 is 1.15 bits per heavy atom. The molecule has 2 aromatic rings. The van der Waals surface area contributed by atoms with Crippen molar-refractivity contribution in [2.45, 2.75) is 22.6 Å². The van der Waals surface area contributed by atoms with Crippen LogP contribution < -0.4 is 5.32 Å². The van der Waals surface area contributed by atoms with Gasteiger partial charge in [0, 0.05) is 29.2 Å². The minimum atomic E-state index is -3.93. The lowest BCUT2D eigenvalue weighted by atomic mass is 10.2. The summed E-state index contributed by atoms with van der Waals surface area (Å²) in [6.45, 7) is 0.749. The van der Waals surface area contributed by atoms with Crippen LogP contribution in [0.25, 0.3) is 0 Å². The summed E-state index contributed by atoms with van der Waals surface area (Å²) in [6, 6.07) is 10.7. The first kappa shape index (κ1) is 18.9. The molecule has 0 bridgehead atoms. The van der Waals surface area contributed by atoms with E-state index < -0.39 is 26.6 Å². The molecule has 1 aliphatic rings. The molecule has 3 rings (SSSR count). The number of thioether (sulfide) groups is 1. The second-order valence-corrected chi connectivity index (χ2v) is 8.73. The van der Waals surface area contributed by atoms with E-state index in [0.717, 1.165) is 29.9 Å². The minimum Gasteiger partial charge on any atom is -0.322 e. The quantitative estimate of drug-likeness (QED) is 0.787. The predicted octanol–water partition coefficient (Wildman–Crippen LogP) is 3.58. The van der Waals surface area contributed by atoms with E-state index in [4.69, 9.17) is 0 Å². The molecular weight excluding hydrogens is 375 g/mol. The van der Waals surface area contributed by atoms with Crippen molar-refractivity contribution in [2.75, 3.05) is 24.7 Å². The summed E-state index contributed by atoms with van der Waals surface area (Å²) >= 11 is 1.54. The van der Waals surface area contributed by atoms with Gasteiger partial charge in [-0.1, -0.05) is 6.07 Å². The van der Waals surface area contributed by atoms with Crippen LogP contribution in [-0.2, 0) is 10.0 Å². The molecule has 1 N–H and O–H groups in total. The number of hydrogen-bond acceptors (Lipinski definition) is 4. The highest BCUT2D eigenvalue weighted by atomic mass is 32.2. The van der Waals surface area contributed by atoms with Crippen molar-refractivity contribution in [1.29, 1.82) is 0 Å². The van der Waals surface area contributed by atoms with Gasteiger partial charge in [0.1, 0.15) is 10.7 Å². The Bertz CT molecular complexity index is 926. The van der Waals surface area contributed by atoms with Crippen LogP contribution in [0.15, 0.2) is 52.3 Å². The molecule has 0 aromatic heterocycles. The van der Waals surface area contributed by atoms with Crippen molar-refractivity contribution in [3.05, 3.63) is 53.8 Å². The molecule has 5 nitrogen and oxygen atoms in total. The molecule has 0 aliphatic carbocycles. The topological polar surface area (TPSA) is 66.5 Å². The van der Waals surface area contributed by atoms with E-state index in [0.29, 0.717) is 18.8 Å². The maximum atomic E-state index is 14.2. The lowest BCUT2D eigenvalue weighted by Gasteiger charge is -2.16. The van der Waals surface area contributed by atoms with Crippen LogP contribution in [0.2, 0.25) is 0 Å². The molecule has 0 spiro atoms. The Morgan fingerprint density at radius 2 is 1.88 bits per heavy atom. The number of rotatable bonds is 5. The van der Waals surface area contributed by atoms with Gasteiger partial charge in [-0.25, -0.2) is 12.8 Å². The van der Waals surface area contributed by atoms with Crippen LogP contribution in [0.3, 0.4) is 0 Å². The third-order valence-electron chi connectivity index (χ3n) is 4.20. The standard InChI is InChI=1S/C18H19FN2O3S2/c1-25-15-6-4-5-14(12-15)20-18(22)13-7-8-16(19)17(11-13)26(23,24)21-9-2-3-10-21/h4-8,11-12H,2-3,9-10H2,1H3,(H,20,22). The van der Waals surface area contributed by atoms with Gasteiger partial charge in [-0.2, -0.15) is 4.31 Å². The van der Waals surface area contributed by atoms with Crippen LogP contribution in [0.5, 0.6) is 0 Å². The highest BCUT2D eigenvalue weighted by Crippen LogP contribution is 2.25. The largest absolute Gasteiger partial charge is 0.322 e. The van der Waals surface area contributed by atoms with E-state index in [9.17, 15) is 17.6 Å². The fourth-order valence-corrected chi connectivity index (χ4v) is 4.88. The summed E-state index contributed by atoms with van der Waals surface area (Å²) in [5, 5.41) is 2.72. The highest BCUT2D eigenvalue weighted by molar-refractivity contribution is 7.98. The van der Waals surface area contributed by atoms with Gasteiger partial charge in [0.25, 0.3) is 5.91 Å². The van der Waals surface area contributed by atoms with Gasteiger partial charge in [-0.15, -0.1) is 11.8 Å². The fourth-order valence-electron chi connectivity index (χ4n) is 2.81. The van der Waals surface area contributed by atoms with Gasteiger partial charge in [0.15, 0.2) is 0 Å². The number of sulfonamides is 1. The highest BCUT2D eigenvalue weighted by Gasteiger charge is 2.30. The Labute approximate surface area is 156 Å². The van der Waals surface area contributed by atoms with Crippen molar-refractivity contribution < 1.29 is 17.6 Å². The van der Waals surface area contributed by atoms with E-state index >= 15 is 0 Å². The number of anilines is 1. The average molecular weight is 394 g/mol. The zero-order chi connectivity index (χ0) is 18.7. The first-order valence-electron chi connectivity index (χ1n) is 8.17. The molecule has 0 atom stereocenters. The number of nitrogens with zero attached hydrogens (tertiary/aromatic N) is 1. The first-order chi connectivity index (χ1) is 12.4. The maximum Gasteiger partial charge on any atom is 0.255 e. The molecule has 1 heterocycles. The number of hydrogen-bond donors (Lipinski definition) is 1. The lowest BCUT2D eigenvalue weighted by molar-refractivity contribution is 0.102. The van der Waals surface area contributed by atoms with Gasteiger partial charge in [0.2, 0.25) is 10.0 Å². The minimum absolute atomic E-state index is 0.0960. The van der Waals surface area contributed by atoms with Crippen LogP contribution in [0.1, 0.15) is 23.2 Å². The molecule has 1 saturated heterocycles. The van der Waals surface area contributed by atoms with Crippen molar-refractivity contribution in [3.8, 4) is 0 Å². The molecule has 1 fully saturated rings. The monoisotopic (exact) mass is 394 g/mol. The fraction of sp³-hybridized carbons (Fsp3) is 0.278. The lowest BCUT2D eigenvalue weighted by Crippen LogP contribution is -2.29. The van der Waals surface area contributed by atoms with Gasteiger partial charge >= 0.3 is 0 Å². The van der Waals surface area contributed by atoms with Gasteiger partial charge in [-0.3, -0.25) is 4.79 Å². The van der Waals surface area contributed by atoms with Crippen LogP contribution in [-0.4, -0.2) is 38.0 Å². The van der Waals surface area contributed by atoms with Crippen LogP contribution in [0.4, 0.5) is 10.1 Å². The van der Waals surface area contributed by atoms with Crippen LogP contribution >= 0.6 is 11.8 Å². The normalized spacial score (nSPS) is 15.2. The summed E-state index contributed by atoms with van der Waals surface area (Å²) in [7, 11) is -3.93. The molecule has 26 heavy (non-hydrogen) atoms. The second kappa shape index (κ2) is 7.77. The molecule has 1 aliphatic heterocycles. The Balaban J connectivity index is 1.88. The van der Waals surface area contributed by atoms with E-state index in [1.54, 1.807) is 17.8 Å². The Morgan fingerprint density at radius 3 is 2.58 bits per heavy atom. The van der Waals surface area contributed by atoms with Gasteiger partial charge in [-0.05, 0) is 55.5 Å². The summed E-state index contributed by atoms with van der Waals surface area (Å²) < 4.78 is 40.7. The Hall–Kier alpha value is -1.90. The van der Waals surface area contributed by atoms with Crippen molar-refractivity contribution in [3.63, 3.8) is 0 Å². The smallest absolute Gasteiger partial charge is 0.255 e. The molecule has 1 amide bonds. The number of carbonyl (C=O) groups excluding carboxylic acids is 1. The average Bonchev–Trinajstić information content (AvgIpc) is 3.17. The van der Waals surface area contributed by atoms with E-state index in [-0.39, 0.29) is 5.56 Å². The molecule has 0 unspecified atom stereocenters. The zero-order valence-corrected chi connectivity index (χ0v) is 15.9. The number of carbonyl (C=O) groups is 1. The number of amides is 1. The van der Waals surface area contributed by atoms with Crippen molar-refractivity contribution in [1.82, 2.24) is 4.31 Å². The molecule has 8 heteroatoms. The summed E-state index contributed by atoms with van der Waals surface area (Å²) in [5.74, 6) is -1.33.